The first-order chi connectivity index (χ1) is 28.0. The van der Waals surface area contributed by atoms with E-state index < -0.39 is 6.04 Å². The van der Waals surface area contributed by atoms with Crippen molar-refractivity contribution in [2.75, 3.05) is 33.9 Å². The zero-order chi connectivity index (χ0) is 41.4. The van der Waals surface area contributed by atoms with Crippen LogP contribution in [0.2, 0.25) is 0 Å². The van der Waals surface area contributed by atoms with Crippen LogP contribution in [-0.2, 0) is 43.2 Å². The van der Waals surface area contributed by atoms with Crippen LogP contribution in [0.5, 0.6) is 0 Å². The van der Waals surface area contributed by atoms with Gasteiger partial charge >= 0.3 is 0 Å². The van der Waals surface area contributed by atoms with Crippen molar-refractivity contribution in [1.29, 1.82) is 0 Å². The lowest BCUT2D eigenvalue weighted by atomic mass is 9.84. The third kappa shape index (κ3) is 9.48. The van der Waals surface area contributed by atoms with Crippen molar-refractivity contribution in [3.63, 3.8) is 0 Å². The van der Waals surface area contributed by atoms with Crippen LogP contribution in [0.25, 0.3) is 33.3 Å². The minimum absolute atomic E-state index is 0.122. The van der Waals surface area contributed by atoms with E-state index in [0.29, 0.717) is 25.9 Å². The highest BCUT2D eigenvalue weighted by Gasteiger charge is 2.36. The normalized spacial score (nSPS) is 16.5. The van der Waals surface area contributed by atoms with E-state index in [2.05, 4.69) is 79.1 Å². The van der Waals surface area contributed by atoms with Gasteiger partial charge in [0.15, 0.2) is 0 Å². The molecule has 2 aromatic heterocycles. The molecule has 2 fully saturated rings. The molecule has 0 bridgehead atoms. The average Bonchev–Trinajstić information content (AvgIpc) is 3.88. The van der Waals surface area contributed by atoms with Gasteiger partial charge in [-0.3, -0.25) is 24.4 Å². The third-order valence-corrected chi connectivity index (χ3v) is 12.0. The number of ether oxygens (including phenoxy) is 2. The number of likely N-dealkylation sites (N-methyl/N-ethyl adjacent to an activating group) is 1. The van der Waals surface area contributed by atoms with Crippen LogP contribution < -0.4 is 10.7 Å². The fourth-order valence-electron chi connectivity index (χ4n) is 9.01. The lowest BCUT2D eigenvalue weighted by Crippen LogP contribution is -2.58. The number of aromatic nitrogens is 2. The Morgan fingerprint density at radius 2 is 1.86 bits per heavy atom. The first-order valence-corrected chi connectivity index (χ1v) is 21.0. The number of hydrogen-bond donors (Lipinski definition) is 2. The molecule has 2 aliphatic rings. The molecule has 3 unspecified atom stereocenters. The zero-order valence-electron chi connectivity index (χ0n) is 35.3. The predicted octanol–water partition coefficient (Wildman–Crippen LogP) is 7.63. The Labute approximate surface area is 344 Å². The molecule has 3 atom stereocenters. The van der Waals surface area contributed by atoms with Crippen molar-refractivity contribution in [2.45, 2.75) is 104 Å². The lowest BCUT2D eigenvalue weighted by Gasteiger charge is -2.34. The number of benzene rings is 2. The molecule has 1 aliphatic carbocycles. The summed E-state index contributed by atoms with van der Waals surface area (Å²) in [7, 11) is 3.60. The van der Waals surface area contributed by atoms with Crippen LogP contribution >= 0.6 is 0 Å². The molecule has 0 spiro atoms. The van der Waals surface area contributed by atoms with Gasteiger partial charge in [-0.25, -0.2) is 5.43 Å². The van der Waals surface area contributed by atoms with E-state index in [4.69, 9.17) is 14.5 Å². The molecule has 2 N–H and O–H groups in total. The van der Waals surface area contributed by atoms with E-state index in [-0.39, 0.29) is 41.9 Å². The standard InChI is InChI=1S/C47H62N6O5/c1-8-51(6)43(34-17-10-11-18-34)45(55)50-40(46(56)53-25-13-12-24-49-53)27-33-16-14-19-35(26-33)36-21-22-41-38(28-36)39(29-47(4,5)30-58-31-54)44(52(41)9-2)37-20-15-23-48-42(37)32(3)57-7/h8,14-16,19-23,26,28,31-32,34,40,43,49H,1,9-13,17-18,24-25,27,29-30H2,2-7H3,(H,50,55). The number of carbonyl (C=O) groups excluding carboxylic acids is 3. The monoisotopic (exact) mass is 790 g/mol. The Morgan fingerprint density at radius 3 is 2.55 bits per heavy atom. The number of nitrogens with one attached hydrogen (secondary N) is 2. The minimum Gasteiger partial charge on any atom is -0.467 e. The molecular formula is C47H62N6O5. The molecule has 6 rings (SSSR count). The summed E-state index contributed by atoms with van der Waals surface area (Å²) >= 11 is 0. The quantitative estimate of drug-likeness (QED) is 0.0989. The van der Waals surface area contributed by atoms with Crippen molar-refractivity contribution < 1.29 is 23.9 Å². The maximum absolute atomic E-state index is 14.2. The molecule has 2 amide bonds. The molecule has 1 saturated carbocycles. The second-order valence-corrected chi connectivity index (χ2v) is 16.8. The Morgan fingerprint density at radius 1 is 1.09 bits per heavy atom. The molecule has 2 aromatic carbocycles. The number of amides is 2. The van der Waals surface area contributed by atoms with Gasteiger partial charge in [-0.2, -0.15) is 0 Å². The summed E-state index contributed by atoms with van der Waals surface area (Å²) in [4.78, 5) is 46.3. The Hall–Kier alpha value is -5.00. The molecule has 3 heterocycles. The highest BCUT2D eigenvalue weighted by molar-refractivity contribution is 5.95. The first-order valence-electron chi connectivity index (χ1n) is 21.0. The van der Waals surface area contributed by atoms with Crippen molar-refractivity contribution in [3.05, 3.63) is 90.4 Å². The maximum atomic E-state index is 14.2. The summed E-state index contributed by atoms with van der Waals surface area (Å²) in [5.74, 6) is -0.0365. The smallest absolute Gasteiger partial charge is 0.293 e. The second kappa shape index (κ2) is 19.2. The van der Waals surface area contributed by atoms with Gasteiger partial charge in [-0.1, -0.05) is 63.6 Å². The molecule has 11 nitrogen and oxygen atoms in total. The topological polar surface area (TPSA) is 118 Å². The molecule has 0 radical (unpaired) electrons. The van der Waals surface area contributed by atoms with Crippen LogP contribution in [0.15, 0.2) is 73.6 Å². The van der Waals surface area contributed by atoms with Crippen LogP contribution in [0.1, 0.15) is 89.1 Å². The van der Waals surface area contributed by atoms with Crippen molar-refractivity contribution in [1.82, 2.24) is 30.2 Å². The van der Waals surface area contributed by atoms with Gasteiger partial charge in [0.1, 0.15) is 12.1 Å². The molecule has 11 heteroatoms. The SMILES string of the molecule is C=CN(C)C(C(=O)NC(Cc1cccc(-c2ccc3c(c2)c(CC(C)(C)COC=O)c(-c2cccnc2C(C)OC)n3CC)c1)C(=O)N1CCCCN1)C1CCCC1. The van der Waals surface area contributed by atoms with Gasteiger partial charge in [0.05, 0.1) is 24.1 Å². The maximum Gasteiger partial charge on any atom is 0.293 e. The number of hydrazine groups is 1. The number of pyridine rings is 1. The molecule has 1 saturated heterocycles. The first kappa shape index (κ1) is 42.6. The van der Waals surface area contributed by atoms with Gasteiger partial charge < -0.3 is 24.3 Å². The summed E-state index contributed by atoms with van der Waals surface area (Å²) in [6, 6.07) is 17.9. The summed E-state index contributed by atoms with van der Waals surface area (Å²) in [6.07, 6.45) is 10.4. The Bertz CT molecular complexity index is 2060. The number of hydrogen-bond acceptors (Lipinski definition) is 8. The van der Waals surface area contributed by atoms with Gasteiger partial charge in [-0.15, -0.1) is 0 Å². The average molecular weight is 791 g/mol. The number of carbonyl (C=O) groups is 3. The zero-order valence-corrected chi connectivity index (χ0v) is 35.3. The van der Waals surface area contributed by atoms with Gasteiger partial charge in [0.2, 0.25) is 5.91 Å². The number of fused-ring (bicyclic) bond motifs is 1. The van der Waals surface area contributed by atoms with Crippen LogP contribution in [-0.4, -0.2) is 83.7 Å². The summed E-state index contributed by atoms with van der Waals surface area (Å²) in [5.41, 5.74) is 11.1. The second-order valence-electron chi connectivity index (χ2n) is 16.8. The fraction of sp³-hybridized carbons (Fsp3) is 0.489. The van der Waals surface area contributed by atoms with Crippen LogP contribution in [0, 0.1) is 11.3 Å². The van der Waals surface area contributed by atoms with Crippen molar-refractivity contribution in [3.8, 4) is 22.4 Å². The van der Waals surface area contributed by atoms with Crippen molar-refractivity contribution >= 4 is 29.2 Å². The minimum atomic E-state index is -0.746. The molecule has 4 aromatic rings. The molecule has 1 aliphatic heterocycles. The Balaban J connectivity index is 1.40. The fourth-order valence-corrected chi connectivity index (χ4v) is 9.01. The Kier molecular flexibility index (Phi) is 14.1. The van der Waals surface area contributed by atoms with Crippen molar-refractivity contribution in [2.24, 2.45) is 11.3 Å². The summed E-state index contributed by atoms with van der Waals surface area (Å²) in [5, 5.41) is 6.02. The lowest BCUT2D eigenvalue weighted by molar-refractivity contribution is -0.141. The largest absolute Gasteiger partial charge is 0.467 e. The summed E-state index contributed by atoms with van der Waals surface area (Å²) in [6.45, 7) is 15.2. The van der Waals surface area contributed by atoms with E-state index in [9.17, 15) is 14.4 Å². The predicted molar refractivity (Wildman–Crippen MR) is 229 cm³/mol. The van der Waals surface area contributed by atoms with E-state index in [0.717, 1.165) is 102 Å². The number of aryl methyl sites for hydroxylation is 1. The van der Waals surface area contributed by atoms with Crippen LogP contribution in [0.3, 0.4) is 0 Å². The van der Waals surface area contributed by atoms with E-state index in [1.54, 1.807) is 24.5 Å². The number of nitrogens with zero attached hydrogens (tertiary/aromatic N) is 4. The summed E-state index contributed by atoms with van der Waals surface area (Å²) < 4.78 is 13.5. The highest BCUT2D eigenvalue weighted by atomic mass is 16.5. The van der Waals surface area contributed by atoms with Gasteiger partial charge in [-0.05, 0) is 105 Å². The number of rotatable bonds is 18. The molecular weight excluding hydrogens is 729 g/mol. The van der Waals surface area contributed by atoms with E-state index >= 15 is 0 Å². The van der Waals surface area contributed by atoms with Gasteiger partial charge in [0, 0.05) is 68.3 Å². The van der Waals surface area contributed by atoms with E-state index in [1.165, 1.54) is 0 Å². The molecule has 310 valence electrons. The molecule has 58 heavy (non-hydrogen) atoms. The number of methoxy groups -OCH3 is 1. The third-order valence-electron chi connectivity index (χ3n) is 12.0. The highest BCUT2D eigenvalue weighted by Crippen LogP contribution is 2.42. The van der Waals surface area contributed by atoms with Crippen LogP contribution in [0.4, 0.5) is 0 Å². The van der Waals surface area contributed by atoms with E-state index in [1.807, 2.05) is 37.1 Å². The van der Waals surface area contributed by atoms with Gasteiger partial charge in [0.25, 0.3) is 12.4 Å².